The number of benzene rings is 1. The van der Waals surface area contributed by atoms with E-state index in [1.807, 2.05) is 19.1 Å². The summed E-state index contributed by atoms with van der Waals surface area (Å²) < 4.78 is 27.2. The molecule has 28 heavy (non-hydrogen) atoms. The first-order valence-corrected chi connectivity index (χ1v) is 10.8. The maximum absolute atomic E-state index is 12.3. The van der Waals surface area contributed by atoms with E-state index in [1.165, 1.54) is 43.5 Å². The molecule has 0 saturated carbocycles. The summed E-state index contributed by atoms with van der Waals surface area (Å²) in [4.78, 5) is 11.3. The second kappa shape index (κ2) is 8.99. The van der Waals surface area contributed by atoms with Crippen molar-refractivity contribution in [2.45, 2.75) is 31.1 Å². The highest BCUT2D eigenvalue weighted by Gasteiger charge is 2.15. The average molecular weight is 401 g/mol. The first kappa shape index (κ1) is 20.0. The number of nitriles is 1. The van der Waals surface area contributed by atoms with E-state index in [0.29, 0.717) is 23.8 Å². The third kappa shape index (κ3) is 5.18. The van der Waals surface area contributed by atoms with Crippen LogP contribution in [0.15, 0.2) is 35.2 Å². The van der Waals surface area contributed by atoms with Gasteiger partial charge in [-0.3, -0.25) is 0 Å². The van der Waals surface area contributed by atoms with Crippen LogP contribution in [0.25, 0.3) is 0 Å². The van der Waals surface area contributed by atoms with Gasteiger partial charge >= 0.3 is 0 Å². The quantitative estimate of drug-likeness (QED) is 0.684. The fourth-order valence-electron chi connectivity index (χ4n) is 3.10. The van der Waals surface area contributed by atoms with E-state index in [4.69, 9.17) is 5.26 Å². The first-order chi connectivity index (χ1) is 13.5. The number of hydrogen-bond acceptors (Lipinski definition) is 7. The maximum Gasteiger partial charge on any atom is 0.240 e. The number of aryl methyl sites for hydroxylation is 1. The Morgan fingerprint density at radius 3 is 2.50 bits per heavy atom. The Labute approximate surface area is 165 Å². The summed E-state index contributed by atoms with van der Waals surface area (Å²) >= 11 is 0. The molecule has 0 bridgehead atoms. The van der Waals surface area contributed by atoms with Crippen molar-refractivity contribution in [1.29, 1.82) is 5.26 Å². The molecule has 8 nitrogen and oxygen atoms in total. The van der Waals surface area contributed by atoms with Crippen molar-refractivity contribution >= 4 is 21.7 Å². The van der Waals surface area contributed by atoms with E-state index in [9.17, 15) is 8.42 Å². The molecule has 0 unspecified atom stereocenters. The lowest BCUT2D eigenvalue weighted by atomic mass is 10.1. The predicted molar refractivity (Wildman–Crippen MR) is 108 cm³/mol. The van der Waals surface area contributed by atoms with Crippen molar-refractivity contribution in [3.8, 4) is 6.07 Å². The second-order valence-corrected chi connectivity index (χ2v) is 8.43. The van der Waals surface area contributed by atoms with Crippen LogP contribution in [-0.2, 0) is 10.0 Å². The van der Waals surface area contributed by atoms with Crippen molar-refractivity contribution in [3.63, 3.8) is 0 Å². The third-order valence-corrected chi connectivity index (χ3v) is 6.00. The fraction of sp³-hybridized carbons (Fsp3) is 0.421. The number of aromatic nitrogens is 2. The van der Waals surface area contributed by atoms with Gasteiger partial charge in [-0.25, -0.2) is 23.1 Å². The number of nitrogens with zero attached hydrogens (tertiary/aromatic N) is 4. The SMILES string of the molecule is Cc1nc(NCCNS(=O)(=O)c2ccc(C#N)cc2)cc(N2CCCCC2)n1. The molecule has 0 aliphatic carbocycles. The lowest BCUT2D eigenvalue weighted by Crippen LogP contribution is -2.31. The Hall–Kier alpha value is -2.70. The van der Waals surface area contributed by atoms with Crippen LogP contribution in [0.5, 0.6) is 0 Å². The van der Waals surface area contributed by atoms with Crippen LogP contribution in [0.3, 0.4) is 0 Å². The van der Waals surface area contributed by atoms with Crippen molar-refractivity contribution in [2.24, 2.45) is 0 Å². The molecule has 0 spiro atoms. The van der Waals surface area contributed by atoms with Crippen LogP contribution < -0.4 is 14.9 Å². The molecular weight excluding hydrogens is 376 g/mol. The second-order valence-electron chi connectivity index (χ2n) is 6.67. The topological polar surface area (TPSA) is 111 Å². The van der Waals surface area contributed by atoms with E-state index < -0.39 is 10.0 Å². The Bertz CT molecular complexity index is 947. The zero-order valence-corrected chi connectivity index (χ0v) is 16.7. The van der Waals surface area contributed by atoms with E-state index in [-0.39, 0.29) is 11.4 Å². The summed E-state index contributed by atoms with van der Waals surface area (Å²) in [6, 6.07) is 9.69. The molecule has 0 amide bonds. The number of nitrogens with one attached hydrogen (secondary N) is 2. The number of rotatable bonds is 7. The summed E-state index contributed by atoms with van der Waals surface area (Å²) in [5, 5.41) is 12.0. The zero-order chi connectivity index (χ0) is 20.0. The van der Waals surface area contributed by atoms with Crippen LogP contribution in [-0.4, -0.2) is 44.6 Å². The molecule has 1 aromatic heterocycles. The lowest BCUT2D eigenvalue weighted by molar-refractivity contribution is 0.572. The number of piperidine rings is 1. The Kier molecular flexibility index (Phi) is 6.44. The molecule has 0 radical (unpaired) electrons. The number of hydrogen-bond donors (Lipinski definition) is 2. The van der Waals surface area contributed by atoms with Gasteiger partial charge in [0.2, 0.25) is 10.0 Å². The highest BCUT2D eigenvalue weighted by atomic mass is 32.2. The van der Waals surface area contributed by atoms with Crippen LogP contribution >= 0.6 is 0 Å². The van der Waals surface area contributed by atoms with Gasteiger partial charge in [0.05, 0.1) is 16.5 Å². The molecule has 1 aliphatic heterocycles. The molecule has 2 aromatic rings. The van der Waals surface area contributed by atoms with Crippen molar-refractivity contribution in [3.05, 3.63) is 41.7 Å². The monoisotopic (exact) mass is 400 g/mol. The average Bonchev–Trinajstić information content (AvgIpc) is 2.71. The van der Waals surface area contributed by atoms with Gasteiger partial charge in [-0.15, -0.1) is 0 Å². The van der Waals surface area contributed by atoms with Crippen LogP contribution in [0, 0.1) is 18.3 Å². The molecule has 0 atom stereocenters. The number of sulfonamides is 1. The molecule has 9 heteroatoms. The summed E-state index contributed by atoms with van der Waals surface area (Å²) in [7, 11) is -3.61. The van der Waals surface area contributed by atoms with Gasteiger partial charge in [-0.05, 0) is 50.5 Å². The van der Waals surface area contributed by atoms with Crippen molar-refractivity contribution in [1.82, 2.24) is 14.7 Å². The highest BCUT2D eigenvalue weighted by Crippen LogP contribution is 2.20. The minimum atomic E-state index is -3.61. The van der Waals surface area contributed by atoms with E-state index >= 15 is 0 Å². The molecule has 2 heterocycles. The van der Waals surface area contributed by atoms with Crippen molar-refractivity contribution < 1.29 is 8.42 Å². The van der Waals surface area contributed by atoms with Gasteiger partial charge in [0, 0.05) is 32.2 Å². The minimum Gasteiger partial charge on any atom is -0.369 e. The summed E-state index contributed by atoms with van der Waals surface area (Å²) in [6.07, 6.45) is 3.59. The fourth-order valence-corrected chi connectivity index (χ4v) is 4.13. The summed E-state index contributed by atoms with van der Waals surface area (Å²) in [6.45, 7) is 4.46. The Morgan fingerprint density at radius 2 is 1.82 bits per heavy atom. The number of anilines is 2. The van der Waals surface area contributed by atoms with Gasteiger partial charge in [0.25, 0.3) is 0 Å². The van der Waals surface area contributed by atoms with E-state index in [1.54, 1.807) is 0 Å². The lowest BCUT2D eigenvalue weighted by Gasteiger charge is -2.28. The van der Waals surface area contributed by atoms with Crippen LogP contribution in [0.2, 0.25) is 0 Å². The van der Waals surface area contributed by atoms with Gasteiger partial charge in [-0.2, -0.15) is 5.26 Å². The minimum absolute atomic E-state index is 0.136. The third-order valence-electron chi connectivity index (χ3n) is 4.52. The van der Waals surface area contributed by atoms with Gasteiger partial charge in [0.1, 0.15) is 17.5 Å². The first-order valence-electron chi connectivity index (χ1n) is 9.32. The van der Waals surface area contributed by atoms with E-state index in [0.717, 1.165) is 18.9 Å². The van der Waals surface area contributed by atoms with Gasteiger partial charge in [0.15, 0.2) is 0 Å². The smallest absolute Gasteiger partial charge is 0.240 e. The molecule has 1 saturated heterocycles. The highest BCUT2D eigenvalue weighted by molar-refractivity contribution is 7.89. The standard InChI is InChI=1S/C19H24N6O2S/c1-15-23-18(13-19(24-15)25-11-3-2-4-12-25)21-9-10-22-28(26,27)17-7-5-16(14-20)6-8-17/h5-8,13,22H,2-4,9-12H2,1H3,(H,21,23,24). The maximum atomic E-state index is 12.3. The Balaban J connectivity index is 1.55. The van der Waals surface area contributed by atoms with Gasteiger partial charge < -0.3 is 10.2 Å². The molecule has 1 fully saturated rings. The molecule has 1 aromatic carbocycles. The van der Waals surface area contributed by atoms with Crippen LogP contribution in [0.4, 0.5) is 11.6 Å². The normalized spacial score (nSPS) is 14.5. The predicted octanol–water partition coefficient (Wildman–Crippen LogP) is 2.04. The Morgan fingerprint density at radius 1 is 1.11 bits per heavy atom. The molecule has 3 rings (SSSR count). The summed E-state index contributed by atoms with van der Waals surface area (Å²) in [5.74, 6) is 2.28. The molecular formula is C19H24N6O2S. The molecule has 2 N–H and O–H groups in total. The summed E-state index contributed by atoms with van der Waals surface area (Å²) in [5.41, 5.74) is 0.421. The van der Waals surface area contributed by atoms with Crippen LogP contribution in [0.1, 0.15) is 30.7 Å². The van der Waals surface area contributed by atoms with Crippen molar-refractivity contribution in [2.75, 3.05) is 36.4 Å². The van der Waals surface area contributed by atoms with E-state index in [2.05, 4.69) is 24.9 Å². The molecule has 1 aliphatic rings. The molecule has 148 valence electrons. The van der Waals surface area contributed by atoms with Gasteiger partial charge in [-0.1, -0.05) is 0 Å². The zero-order valence-electron chi connectivity index (χ0n) is 15.9. The largest absolute Gasteiger partial charge is 0.369 e.